The van der Waals surface area contributed by atoms with Crippen LogP contribution in [-0.2, 0) is 6.42 Å². The summed E-state index contributed by atoms with van der Waals surface area (Å²) in [5.41, 5.74) is 1.42. The van der Waals surface area contributed by atoms with Crippen molar-refractivity contribution in [2.45, 2.75) is 65.0 Å². The van der Waals surface area contributed by atoms with Crippen LogP contribution in [0.1, 0.15) is 52.0 Å². The van der Waals surface area contributed by atoms with Gasteiger partial charge in [-0.15, -0.1) is 0 Å². The molecule has 2 heteroatoms. The zero-order valence-corrected chi connectivity index (χ0v) is 14.6. The van der Waals surface area contributed by atoms with Crippen LogP contribution in [0.3, 0.4) is 0 Å². The van der Waals surface area contributed by atoms with Gasteiger partial charge < -0.3 is 5.32 Å². The SMILES string of the molecule is CC(Cc1ccc(Br)cc1)NC1CCCCC1C(C)C. The van der Waals surface area contributed by atoms with Gasteiger partial charge in [0.1, 0.15) is 0 Å². The van der Waals surface area contributed by atoms with Crippen molar-refractivity contribution < 1.29 is 0 Å². The van der Waals surface area contributed by atoms with Crippen LogP contribution in [0, 0.1) is 11.8 Å². The molecule has 1 saturated carbocycles. The molecule has 0 radical (unpaired) electrons. The Hall–Kier alpha value is -0.340. The van der Waals surface area contributed by atoms with Gasteiger partial charge in [-0.25, -0.2) is 0 Å². The van der Waals surface area contributed by atoms with Crippen LogP contribution in [0.25, 0.3) is 0 Å². The highest BCUT2D eigenvalue weighted by Gasteiger charge is 2.28. The van der Waals surface area contributed by atoms with E-state index in [1.807, 2.05) is 0 Å². The topological polar surface area (TPSA) is 12.0 Å². The third kappa shape index (κ3) is 4.60. The first-order chi connectivity index (χ1) is 9.56. The van der Waals surface area contributed by atoms with Gasteiger partial charge in [-0.2, -0.15) is 0 Å². The van der Waals surface area contributed by atoms with Gasteiger partial charge >= 0.3 is 0 Å². The van der Waals surface area contributed by atoms with Crippen LogP contribution in [0.2, 0.25) is 0 Å². The van der Waals surface area contributed by atoms with E-state index in [1.54, 1.807) is 0 Å². The number of hydrogen-bond donors (Lipinski definition) is 1. The fourth-order valence-electron chi connectivity index (χ4n) is 3.56. The molecule has 0 aromatic heterocycles. The molecule has 20 heavy (non-hydrogen) atoms. The van der Waals surface area contributed by atoms with Gasteiger partial charge in [-0.3, -0.25) is 0 Å². The fraction of sp³-hybridized carbons (Fsp3) is 0.667. The molecule has 1 aromatic carbocycles. The van der Waals surface area contributed by atoms with Crippen LogP contribution >= 0.6 is 15.9 Å². The zero-order chi connectivity index (χ0) is 14.5. The summed E-state index contributed by atoms with van der Waals surface area (Å²) in [6.45, 7) is 7.09. The largest absolute Gasteiger partial charge is 0.311 e. The van der Waals surface area contributed by atoms with E-state index in [0.717, 1.165) is 22.7 Å². The zero-order valence-electron chi connectivity index (χ0n) is 13.0. The molecule has 0 spiro atoms. The summed E-state index contributed by atoms with van der Waals surface area (Å²) in [7, 11) is 0. The van der Waals surface area contributed by atoms with Crippen molar-refractivity contribution in [2.75, 3.05) is 0 Å². The molecular formula is C18H28BrN. The predicted molar refractivity (Wildman–Crippen MR) is 91.0 cm³/mol. The van der Waals surface area contributed by atoms with Crippen LogP contribution < -0.4 is 5.32 Å². The summed E-state index contributed by atoms with van der Waals surface area (Å²) < 4.78 is 1.16. The minimum Gasteiger partial charge on any atom is -0.311 e. The van der Waals surface area contributed by atoms with Crippen molar-refractivity contribution in [3.05, 3.63) is 34.3 Å². The third-order valence-corrected chi connectivity index (χ3v) is 5.16. The Bertz CT molecular complexity index is 398. The van der Waals surface area contributed by atoms with E-state index in [4.69, 9.17) is 0 Å². The molecule has 0 amide bonds. The Morgan fingerprint density at radius 3 is 2.40 bits per heavy atom. The lowest BCUT2D eigenvalue weighted by atomic mass is 9.77. The van der Waals surface area contributed by atoms with Crippen molar-refractivity contribution >= 4 is 15.9 Å². The molecular weight excluding hydrogens is 310 g/mol. The van der Waals surface area contributed by atoms with Crippen LogP contribution in [0.15, 0.2) is 28.7 Å². The number of nitrogens with one attached hydrogen (secondary N) is 1. The average Bonchev–Trinajstić information content (AvgIpc) is 2.41. The van der Waals surface area contributed by atoms with Crippen molar-refractivity contribution in [3.8, 4) is 0 Å². The highest BCUT2D eigenvalue weighted by Crippen LogP contribution is 2.30. The number of benzene rings is 1. The lowest BCUT2D eigenvalue weighted by molar-refractivity contribution is 0.194. The highest BCUT2D eigenvalue weighted by molar-refractivity contribution is 9.10. The second-order valence-corrected chi connectivity index (χ2v) is 7.61. The second-order valence-electron chi connectivity index (χ2n) is 6.70. The van der Waals surface area contributed by atoms with Gasteiger partial charge in [-0.1, -0.05) is 54.8 Å². The summed E-state index contributed by atoms with van der Waals surface area (Å²) in [5, 5.41) is 3.90. The first kappa shape index (κ1) is 16.0. The summed E-state index contributed by atoms with van der Waals surface area (Å²) in [4.78, 5) is 0. The van der Waals surface area contributed by atoms with E-state index >= 15 is 0 Å². The molecule has 0 aliphatic heterocycles. The summed E-state index contributed by atoms with van der Waals surface area (Å²) in [6.07, 6.45) is 6.69. The standard InChI is InChI=1S/C18H28BrN/c1-13(2)17-6-4-5-7-18(17)20-14(3)12-15-8-10-16(19)11-9-15/h8-11,13-14,17-18,20H,4-7,12H2,1-3H3. The first-order valence-corrected chi connectivity index (χ1v) is 8.86. The molecule has 2 rings (SSSR count). The molecule has 3 unspecified atom stereocenters. The minimum atomic E-state index is 0.556. The lowest BCUT2D eigenvalue weighted by Gasteiger charge is -2.37. The normalized spacial score (nSPS) is 24.9. The van der Waals surface area contributed by atoms with Gasteiger partial charge in [0.15, 0.2) is 0 Å². The number of hydrogen-bond acceptors (Lipinski definition) is 1. The van der Waals surface area contributed by atoms with E-state index in [9.17, 15) is 0 Å². The molecule has 1 nitrogen and oxygen atoms in total. The Morgan fingerprint density at radius 2 is 1.75 bits per heavy atom. The molecule has 0 heterocycles. The predicted octanol–water partition coefficient (Wildman–Crippen LogP) is 5.18. The summed E-state index contributed by atoms with van der Waals surface area (Å²) in [6, 6.07) is 10.0. The molecule has 1 aliphatic carbocycles. The molecule has 1 N–H and O–H groups in total. The van der Waals surface area contributed by atoms with Crippen LogP contribution in [0.5, 0.6) is 0 Å². The molecule has 1 aliphatic rings. The number of rotatable bonds is 5. The monoisotopic (exact) mass is 337 g/mol. The Kier molecular flexibility index (Phi) is 6.10. The molecule has 0 saturated heterocycles. The first-order valence-electron chi connectivity index (χ1n) is 8.06. The second kappa shape index (κ2) is 7.61. The number of halogens is 1. The molecule has 112 valence electrons. The Balaban J connectivity index is 1.89. The van der Waals surface area contributed by atoms with Gasteiger partial charge in [0, 0.05) is 16.6 Å². The maximum Gasteiger partial charge on any atom is 0.0175 e. The van der Waals surface area contributed by atoms with E-state index < -0.39 is 0 Å². The Morgan fingerprint density at radius 1 is 1.10 bits per heavy atom. The smallest absolute Gasteiger partial charge is 0.0175 e. The molecule has 0 bridgehead atoms. The average molecular weight is 338 g/mol. The van der Waals surface area contributed by atoms with Crippen LogP contribution in [-0.4, -0.2) is 12.1 Å². The quantitative estimate of drug-likeness (QED) is 0.779. The summed E-state index contributed by atoms with van der Waals surface area (Å²) >= 11 is 3.50. The lowest BCUT2D eigenvalue weighted by Crippen LogP contribution is -2.45. The van der Waals surface area contributed by atoms with Crippen molar-refractivity contribution in [1.29, 1.82) is 0 Å². The van der Waals surface area contributed by atoms with E-state index in [2.05, 4.69) is 66.3 Å². The van der Waals surface area contributed by atoms with E-state index in [-0.39, 0.29) is 0 Å². The molecule has 1 fully saturated rings. The highest BCUT2D eigenvalue weighted by atomic mass is 79.9. The van der Waals surface area contributed by atoms with Crippen molar-refractivity contribution in [1.82, 2.24) is 5.32 Å². The third-order valence-electron chi connectivity index (χ3n) is 4.63. The van der Waals surface area contributed by atoms with E-state index in [1.165, 1.54) is 31.2 Å². The van der Waals surface area contributed by atoms with Gasteiger partial charge in [-0.05, 0) is 55.7 Å². The van der Waals surface area contributed by atoms with Gasteiger partial charge in [0.25, 0.3) is 0 Å². The van der Waals surface area contributed by atoms with Gasteiger partial charge in [0.2, 0.25) is 0 Å². The Labute approximate surface area is 132 Å². The van der Waals surface area contributed by atoms with Crippen LogP contribution in [0.4, 0.5) is 0 Å². The fourth-order valence-corrected chi connectivity index (χ4v) is 3.83. The molecule has 3 atom stereocenters. The maximum atomic E-state index is 3.90. The summed E-state index contributed by atoms with van der Waals surface area (Å²) in [5.74, 6) is 1.66. The van der Waals surface area contributed by atoms with Crippen molar-refractivity contribution in [3.63, 3.8) is 0 Å². The van der Waals surface area contributed by atoms with Crippen molar-refractivity contribution in [2.24, 2.45) is 11.8 Å². The minimum absolute atomic E-state index is 0.556. The maximum absolute atomic E-state index is 3.90. The van der Waals surface area contributed by atoms with Gasteiger partial charge in [0.05, 0.1) is 0 Å². The van der Waals surface area contributed by atoms with E-state index in [0.29, 0.717) is 12.1 Å². The molecule has 1 aromatic rings.